The molecule has 1 atom stereocenters. The molecule has 25 heavy (non-hydrogen) atoms. The first-order valence-electron chi connectivity index (χ1n) is 9.79. The lowest BCUT2D eigenvalue weighted by molar-refractivity contribution is -0.132. The maximum absolute atomic E-state index is 13.2. The quantitative estimate of drug-likeness (QED) is 0.820. The summed E-state index contributed by atoms with van der Waals surface area (Å²) >= 11 is 0. The number of piperidine rings is 1. The van der Waals surface area contributed by atoms with Gasteiger partial charge in [-0.2, -0.15) is 5.10 Å². The molecule has 1 unspecified atom stereocenters. The zero-order valence-corrected chi connectivity index (χ0v) is 15.7. The van der Waals surface area contributed by atoms with Crippen molar-refractivity contribution in [2.24, 2.45) is 5.92 Å². The normalized spacial score (nSPS) is 22.7. The van der Waals surface area contributed by atoms with Crippen molar-refractivity contribution in [1.82, 2.24) is 25.3 Å². The molecule has 140 valence electrons. The van der Waals surface area contributed by atoms with E-state index in [0.29, 0.717) is 12.0 Å². The van der Waals surface area contributed by atoms with Crippen molar-refractivity contribution in [2.75, 3.05) is 33.7 Å². The highest BCUT2D eigenvalue weighted by molar-refractivity contribution is 5.84. The summed E-state index contributed by atoms with van der Waals surface area (Å²) in [6, 6.07) is 2.32. The third-order valence-corrected chi connectivity index (χ3v) is 6.13. The molecule has 1 aliphatic carbocycles. The van der Waals surface area contributed by atoms with Crippen molar-refractivity contribution in [3.05, 3.63) is 18.5 Å². The number of hydrogen-bond donors (Lipinski definition) is 2. The van der Waals surface area contributed by atoms with Gasteiger partial charge in [0.2, 0.25) is 5.91 Å². The number of nitrogens with zero attached hydrogens (tertiary/aromatic N) is 3. The minimum Gasteiger partial charge on any atom is -0.352 e. The van der Waals surface area contributed by atoms with Crippen LogP contribution in [0.25, 0.3) is 0 Å². The van der Waals surface area contributed by atoms with Gasteiger partial charge >= 0.3 is 0 Å². The van der Waals surface area contributed by atoms with Crippen molar-refractivity contribution >= 4 is 5.91 Å². The van der Waals surface area contributed by atoms with E-state index in [9.17, 15) is 4.79 Å². The summed E-state index contributed by atoms with van der Waals surface area (Å²) in [7, 11) is 4.28. The second kappa shape index (κ2) is 8.32. The molecule has 1 aliphatic heterocycles. The maximum Gasteiger partial charge on any atom is 0.248 e. The van der Waals surface area contributed by atoms with E-state index in [1.54, 1.807) is 6.20 Å². The van der Waals surface area contributed by atoms with Crippen LogP contribution >= 0.6 is 0 Å². The first kappa shape index (κ1) is 18.4. The van der Waals surface area contributed by atoms with Crippen LogP contribution in [0.5, 0.6) is 0 Å². The number of rotatable bonds is 6. The van der Waals surface area contributed by atoms with E-state index in [1.165, 1.54) is 32.1 Å². The molecule has 3 rings (SSSR count). The largest absolute Gasteiger partial charge is 0.352 e. The Hall–Kier alpha value is -1.40. The van der Waals surface area contributed by atoms with Gasteiger partial charge in [-0.05, 0) is 64.9 Å². The Bertz CT molecular complexity index is 530. The van der Waals surface area contributed by atoms with Gasteiger partial charge in [-0.3, -0.25) is 9.48 Å². The predicted octanol–water partition coefficient (Wildman–Crippen LogP) is 1.59. The van der Waals surface area contributed by atoms with Crippen LogP contribution < -0.4 is 10.6 Å². The summed E-state index contributed by atoms with van der Waals surface area (Å²) in [5, 5.41) is 11.1. The summed E-state index contributed by atoms with van der Waals surface area (Å²) < 4.78 is 1.87. The van der Waals surface area contributed by atoms with E-state index in [1.807, 2.05) is 16.9 Å². The Kier molecular flexibility index (Phi) is 6.12. The number of nitrogens with one attached hydrogen (secondary N) is 2. The molecule has 1 saturated carbocycles. The molecule has 1 aromatic rings. The molecule has 1 aromatic heterocycles. The van der Waals surface area contributed by atoms with E-state index >= 15 is 0 Å². The topological polar surface area (TPSA) is 62.2 Å². The summed E-state index contributed by atoms with van der Waals surface area (Å²) in [4.78, 5) is 15.5. The zero-order valence-electron chi connectivity index (χ0n) is 15.7. The SMILES string of the molecule is CN(C)C(CNC(=O)C1(n2cccn2)CCNCC1)C1CCCCC1. The highest BCUT2D eigenvalue weighted by Gasteiger charge is 2.42. The first-order chi connectivity index (χ1) is 12.1. The molecule has 2 aliphatic rings. The second-order valence-corrected chi connectivity index (χ2v) is 7.87. The molecule has 2 N–H and O–H groups in total. The molecular weight excluding hydrogens is 314 g/mol. The minimum absolute atomic E-state index is 0.125. The maximum atomic E-state index is 13.2. The van der Waals surface area contributed by atoms with Crippen LogP contribution in [-0.4, -0.2) is 60.4 Å². The van der Waals surface area contributed by atoms with Gasteiger partial charge in [0.05, 0.1) is 0 Å². The van der Waals surface area contributed by atoms with Crippen LogP contribution in [0, 0.1) is 5.92 Å². The first-order valence-corrected chi connectivity index (χ1v) is 9.79. The third kappa shape index (κ3) is 4.06. The van der Waals surface area contributed by atoms with Crippen LogP contribution in [0.4, 0.5) is 0 Å². The van der Waals surface area contributed by atoms with Crippen LogP contribution in [-0.2, 0) is 10.3 Å². The fraction of sp³-hybridized carbons (Fsp3) is 0.789. The number of carbonyl (C=O) groups excluding carboxylic acids is 1. The molecule has 0 radical (unpaired) electrons. The van der Waals surface area contributed by atoms with Crippen molar-refractivity contribution in [2.45, 2.75) is 56.5 Å². The lowest BCUT2D eigenvalue weighted by Gasteiger charge is -2.39. The predicted molar refractivity (Wildman–Crippen MR) is 99.4 cm³/mol. The average molecular weight is 348 g/mol. The molecule has 2 fully saturated rings. The third-order valence-electron chi connectivity index (χ3n) is 6.13. The summed E-state index contributed by atoms with van der Waals surface area (Å²) in [6.07, 6.45) is 11.8. The standard InChI is InChI=1S/C19H33N5O/c1-23(2)17(16-7-4-3-5-8-16)15-21-18(25)19(9-12-20-13-10-19)24-14-6-11-22-24/h6,11,14,16-17,20H,3-5,7-10,12-13,15H2,1-2H3,(H,21,25). The van der Waals surface area contributed by atoms with E-state index in [2.05, 4.69) is 34.7 Å². The number of carbonyl (C=O) groups is 1. The monoisotopic (exact) mass is 347 g/mol. The molecule has 2 heterocycles. The Balaban J connectivity index is 1.68. The summed E-state index contributed by atoms with van der Waals surface area (Å²) in [6.45, 7) is 2.44. The van der Waals surface area contributed by atoms with Crippen LogP contribution in [0.2, 0.25) is 0 Å². The van der Waals surface area contributed by atoms with E-state index in [0.717, 1.165) is 32.5 Å². The lowest BCUT2D eigenvalue weighted by Crippen LogP contribution is -2.56. The minimum atomic E-state index is -0.543. The number of aromatic nitrogens is 2. The molecule has 1 saturated heterocycles. The number of hydrogen-bond acceptors (Lipinski definition) is 4. The van der Waals surface area contributed by atoms with Gasteiger partial charge in [0, 0.05) is 25.0 Å². The molecule has 0 bridgehead atoms. The van der Waals surface area contributed by atoms with Crippen molar-refractivity contribution in [3.63, 3.8) is 0 Å². The second-order valence-electron chi connectivity index (χ2n) is 7.87. The van der Waals surface area contributed by atoms with Crippen LogP contribution in [0.15, 0.2) is 18.5 Å². The fourth-order valence-corrected chi connectivity index (χ4v) is 4.57. The number of likely N-dealkylation sites (N-methyl/N-ethyl adjacent to an activating group) is 1. The molecule has 1 amide bonds. The van der Waals surface area contributed by atoms with Crippen molar-refractivity contribution in [3.8, 4) is 0 Å². The number of amides is 1. The molecule has 6 heteroatoms. The highest BCUT2D eigenvalue weighted by atomic mass is 16.2. The van der Waals surface area contributed by atoms with Crippen LogP contribution in [0.1, 0.15) is 44.9 Å². The smallest absolute Gasteiger partial charge is 0.248 e. The summed E-state index contributed by atoms with van der Waals surface area (Å²) in [5.74, 6) is 0.818. The Labute approximate surface area is 151 Å². The Morgan fingerprint density at radius 3 is 2.64 bits per heavy atom. The van der Waals surface area contributed by atoms with E-state index in [4.69, 9.17) is 0 Å². The Morgan fingerprint density at radius 1 is 1.32 bits per heavy atom. The molecule has 0 spiro atoms. The van der Waals surface area contributed by atoms with Gasteiger partial charge in [0.1, 0.15) is 5.54 Å². The molecular formula is C19H33N5O. The Morgan fingerprint density at radius 2 is 2.04 bits per heavy atom. The fourth-order valence-electron chi connectivity index (χ4n) is 4.57. The lowest BCUT2D eigenvalue weighted by atomic mass is 9.83. The van der Waals surface area contributed by atoms with E-state index < -0.39 is 5.54 Å². The van der Waals surface area contributed by atoms with Crippen LogP contribution in [0.3, 0.4) is 0 Å². The van der Waals surface area contributed by atoms with Gasteiger partial charge < -0.3 is 15.5 Å². The van der Waals surface area contributed by atoms with E-state index in [-0.39, 0.29) is 5.91 Å². The summed E-state index contributed by atoms with van der Waals surface area (Å²) in [5.41, 5.74) is -0.543. The molecule has 6 nitrogen and oxygen atoms in total. The zero-order chi connectivity index (χ0) is 17.7. The van der Waals surface area contributed by atoms with Gasteiger partial charge in [-0.25, -0.2) is 0 Å². The van der Waals surface area contributed by atoms with Crippen molar-refractivity contribution in [1.29, 1.82) is 0 Å². The van der Waals surface area contributed by atoms with Gasteiger partial charge in [0.15, 0.2) is 0 Å². The molecule has 0 aromatic carbocycles. The van der Waals surface area contributed by atoms with Gasteiger partial charge in [0.25, 0.3) is 0 Å². The van der Waals surface area contributed by atoms with Gasteiger partial charge in [-0.15, -0.1) is 0 Å². The van der Waals surface area contributed by atoms with Gasteiger partial charge in [-0.1, -0.05) is 19.3 Å². The highest BCUT2D eigenvalue weighted by Crippen LogP contribution is 2.29. The average Bonchev–Trinajstić information content (AvgIpc) is 3.18. The van der Waals surface area contributed by atoms with Crippen molar-refractivity contribution < 1.29 is 4.79 Å².